The zero-order chi connectivity index (χ0) is 12.7. The number of nitrogens with zero attached hydrogens (tertiary/aromatic N) is 3. The van der Waals surface area contributed by atoms with Gasteiger partial charge in [-0.2, -0.15) is 4.98 Å². The second-order valence-corrected chi connectivity index (χ2v) is 5.29. The molecule has 1 aliphatic carbocycles. The summed E-state index contributed by atoms with van der Waals surface area (Å²) in [5, 5.41) is 4.11. The van der Waals surface area contributed by atoms with Crippen molar-refractivity contribution in [2.75, 3.05) is 13.2 Å². The molecule has 3 atom stereocenters. The Bertz CT molecular complexity index is 563. The summed E-state index contributed by atoms with van der Waals surface area (Å²) in [6.07, 6.45) is 5.79. The maximum absolute atomic E-state index is 5.42. The third kappa shape index (κ3) is 2.04. The van der Waals surface area contributed by atoms with Crippen molar-refractivity contribution in [1.29, 1.82) is 0 Å². The topological polar surface area (TPSA) is 61.0 Å². The van der Waals surface area contributed by atoms with Crippen LogP contribution in [0.5, 0.6) is 0 Å². The first-order chi connectivity index (χ1) is 9.42. The van der Waals surface area contributed by atoms with Gasteiger partial charge in [0.1, 0.15) is 0 Å². The van der Waals surface area contributed by atoms with Gasteiger partial charge >= 0.3 is 0 Å². The summed E-state index contributed by atoms with van der Waals surface area (Å²) in [5.74, 6) is 2.75. The van der Waals surface area contributed by atoms with Gasteiger partial charge in [-0.15, -0.1) is 0 Å². The Balaban J connectivity index is 1.49. The molecule has 5 nitrogen and oxygen atoms in total. The molecule has 5 heteroatoms. The summed E-state index contributed by atoms with van der Waals surface area (Å²) in [7, 11) is 0. The Morgan fingerprint density at radius 3 is 3.05 bits per heavy atom. The first-order valence-corrected chi connectivity index (χ1v) is 6.73. The highest BCUT2D eigenvalue weighted by atomic mass is 16.5. The lowest BCUT2D eigenvalue weighted by Gasteiger charge is -1.98. The third-order valence-electron chi connectivity index (χ3n) is 3.97. The minimum atomic E-state index is 0.313. The molecule has 0 spiro atoms. The van der Waals surface area contributed by atoms with E-state index in [1.165, 1.54) is 5.56 Å². The van der Waals surface area contributed by atoms with E-state index in [0.717, 1.165) is 37.8 Å². The normalized spacial score (nSPS) is 29.6. The van der Waals surface area contributed by atoms with Gasteiger partial charge < -0.3 is 9.26 Å². The number of rotatable bonds is 3. The number of ether oxygens (including phenoxy) is 1. The molecule has 0 N–H and O–H groups in total. The quantitative estimate of drug-likeness (QED) is 0.843. The second kappa shape index (κ2) is 4.42. The zero-order valence-electron chi connectivity index (χ0n) is 10.5. The molecule has 2 fully saturated rings. The Hall–Kier alpha value is -1.75. The van der Waals surface area contributed by atoms with Gasteiger partial charge in [-0.25, -0.2) is 0 Å². The van der Waals surface area contributed by atoms with Gasteiger partial charge in [-0.1, -0.05) is 11.2 Å². The van der Waals surface area contributed by atoms with Crippen molar-refractivity contribution in [3.8, 4) is 0 Å². The molecule has 0 aromatic carbocycles. The molecule has 0 bridgehead atoms. The van der Waals surface area contributed by atoms with Gasteiger partial charge in [0.05, 0.1) is 6.61 Å². The highest BCUT2D eigenvalue weighted by Gasteiger charge is 2.44. The van der Waals surface area contributed by atoms with E-state index in [-0.39, 0.29) is 0 Å². The molecule has 1 aliphatic heterocycles. The van der Waals surface area contributed by atoms with Crippen molar-refractivity contribution in [1.82, 2.24) is 15.1 Å². The molecule has 0 unspecified atom stereocenters. The average Bonchev–Trinajstić information content (AvgIpc) is 2.90. The summed E-state index contributed by atoms with van der Waals surface area (Å²) in [6, 6.07) is 4.08. The minimum Gasteiger partial charge on any atom is -0.381 e. The van der Waals surface area contributed by atoms with Gasteiger partial charge in [-0.3, -0.25) is 4.98 Å². The standard InChI is InChI=1S/C14H15N3O2/c1-2-9(7-15-4-1)11-6-12(11)14-16-13(17-19-14)10-3-5-18-8-10/h1-2,4,7,10-12H,3,5-6,8H2/t10-,11+,12+/m1/s1. The molecule has 2 aromatic heterocycles. The van der Waals surface area contributed by atoms with Gasteiger partial charge in [0, 0.05) is 30.8 Å². The summed E-state index contributed by atoms with van der Waals surface area (Å²) < 4.78 is 10.8. The molecular weight excluding hydrogens is 242 g/mol. The van der Waals surface area contributed by atoms with Gasteiger partial charge in [0.15, 0.2) is 5.82 Å². The molecule has 2 aliphatic rings. The van der Waals surface area contributed by atoms with Crippen LogP contribution in [0.2, 0.25) is 0 Å². The SMILES string of the molecule is c1cncc([C@@H]2C[C@@H]2c2nc([C@@H]3CCOC3)no2)c1. The lowest BCUT2D eigenvalue weighted by atomic mass is 10.1. The smallest absolute Gasteiger partial charge is 0.230 e. The molecule has 3 heterocycles. The van der Waals surface area contributed by atoms with Crippen LogP contribution in [0.15, 0.2) is 29.0 Å². The maximum atomic E-state index is 5.42. The third-order valence-corrected chi connectivity index (χ3v) is 3.97. The molecular formula is C14H15N3O2. The number of aromatic nitrogens is 3. The van der Waals surface area contributed by atoms with E-state index in [1.54, 1.807) is 6.20 Å². The first kappa shape index (κ1) is 11.1. The van der Waals surface area contributed by atoms with Crippen LogP contribution in [0.3, 0.4) is 0 Å². The van der Waals surface area contributed by atoms with Crippen LogP contribution in [0, 0.1) is 0 Å². The van der Waals surface area contributed by atoms with Crippen LogP contribution in [-0.2, 0) is 4.74 Å². The van der Waals surface area contributed by atoms with Crippen LogP contribution in [0.25, 0.3) is 0 Å². The molecule has 4 rings (SSSR count). The lowest BCUT2D eigenvalue weighted by molar-refractivity contribution is 0.192. The predicted octanol–water partition coefficient (Wildman–Crippen LogP) is 2.24. The largest absolute Gasteiger partial charge is 0.381 e. The number of hydrogen-bond donors (Lipinski definition) is 0. The lowest BCUT2D eigenvalue weighted by Crippen LogP contribution is -1.99. The maximum Gasteiger partial charge on any atom is 0.230 e. The Labute approximate surface area is 111 Å². The molecule has 2 aromatic rings. The Kier molecular flexibility index (Phi) is 2.58. The van der Waals surface area contributed by atoms with Crippen LogP contribution in [0.4, 0.5) is 0 Å². The number of hydrogen-bond acceptors (Lipinski definition) is 5. The molecule has 1 saturated carbocycles. The van der Waals surface area contributed by atoms with Crippen LogP contribution in [-0.4, -0.2) is 28.3 Å². The van der Waals surface area contributed by atoms with E-state index in [2.05, 4.69) is 21.2 Å². The van der Waals surface area contributed by atoms with Crippen molar-refractivity contribution < 1.29 is 9.26 Å². The van der Waals surface area contributed by atoms with Crippen molar-refractivity contribution in [2.45, 2.75) is 30.6 Å². The predicted molar refractivity (Wildman–Crippen MR) is 66.8 cm³/mol. The van der Waals surface area contributed by atoms with Gasteiger partial charge in [-0.05, 0) is 30.4 Å². The molecule has 19 heavy (non-hydrogen) atoms. The fourth-order valence-corrected chi connectivity index (χ4v) is 2.73. The molecule has 0 amide bonds. The summed E-state index contributed by atoms with van der Waals surface area (Å²) >= 11 is 0. The molecule has 1 saturated heterocycles. The van der Waals surface area contributed by atoms with E-state index >= 15 is 0 Å². The van der Waals surface area contributed by atoms with E-state index in [9.17, 15) is 0 Å². The summed E-state index contributed by atoms with van der Waals surface area (Å²) in [4.78, 5) is 8.71. The average molecular weight is 257 g/mol. The molecule has 98 valence electrons. The van der Waals surface area contributed by atoms with Crippen LogP contribution < -0.4 is 0 Å². The van der Waals surface area contributed by atoms with Crippen molar-refractivity contribution in [3.63, 3.8) is 0 Å². The van der Waals surface area contributed by atoms with Gasteiger partial charge in [0.25, 0.3) is 0 Å². The monoisotopic (exact) mass is 257 g/mol. The Morgan fingerprint density at radius 1 is 1.26 bits per heavy atom. The van der Waals surface area contributed by atoms with E-state index in [0.29, 0.717) is 17.8 Å². The molecule has 0 radical (unpaired) electrons. The summed E-state index contributed by atoms with van der Waals surface area (Å²) in [6.45, 7) is 1.52. The summed E-state index contributed by atoms with van der Waals surface area (Å²) in [5.41, 5.74) is 1.26. The fraction of sp³-hybridized carbons (Fsp3) is 0.500. The van der Waals surface area contributed by atoms with E-state index in [4.69, 9.17) is 9.26 Å². The van der Waals surface area contributed by atoms with Crippen molar-refractivity contribution >= 4 is 0 Å². The minimum absolute atomic E-state index is 0.313. The van der Waals surface area contributed by atoms with Crippen LogP contribution >= 0.6 is 0 Å². The second-order valence-electron chi connectivity index (χ2n) is 5.29. The van der Waals surface area contributed by atoms with Crippen LogP contribution in [0.1, 0.15) is 47.9 Å². The highest BCUT2D eigenvalue weighted by Crippen LogP contribution is 2.53. The first-order valence-electron chi connectivity index (χ1n) is 6.73. The highest BCUT2D eigenvalue weighted by molar-refractivity contribution is 5.28. The zero-order valence-corrected chi connectivity index (χ0v) is 10.5. The number of pyridine rings is 1. The van der Waals surface area contributed by atoms with E-state index < -0.39 is 0 Å². The van der Waals surface area contributed by atoms with E-state index in [1.807, 2.05) is 12.3 Å². The van der Waals surface area contributed by atoms with Crippen molar-refractivity contribution in [3.05, 3.63) is 41.8 Å². The fourth-order valence-electron chi connectivity index (χ4n) is 2.73. The van der Waals surface area contributed by atoms with Crippen molar-refractivity contribution in [2.24, 2.45) is 0 Å². The van der Waals surface area contributed by atoms with Gasteiger partial charge in [0.2, 0.25) is 5.89 Å². The Morgan fingerprint density at radius 2 is 2.26 bits per heavy atom.